The van der Waals surface area contributed by atoms with Crippen LogP contribution in [0.2, 0.25) is 0 Å². The Kier molecular flexibility index (Phi) is 4.73. The van der Waals surface area contributed by atoms with Crippen molar-refractivity contribution in [3.8, 4) is 11.5 Å². The average Bonchev–Trinajstić information content (AvgIpc) is 3.22. The lowest BCUT2D eigenvalue weighted by Gasteiger charge is -2.35. The number of carbonyl (C=O) groups is 1. The van der Waals surface area contributed by atoms with Crippen molar-refractivity contribution in [2.75, 3.05) is 11.9 Å². The molecule has 2 heterocycles. The number of ether oxygens (including phenoxy) is 1. The molecule has 3 aromatic rings. The highest BCUT2D eigenvalue weighted by Crippen LogP contribution is 2.44. The minimum absolute atomic E-state index is 0.0713. The number of aryl methyl sites for hydroxylation is 1. The van der Waals surface area contributed by atoms with Gasteiger partial charge in [0.25, 0.3) is 0 Å². The Morgan fingerprint density at radius 1 is 1.16 bits per heavy atom. The lowest BCUT2D eigenvalue weighted by Crippen LogP contribution is -2.33. The maximum Gasteiger partial charge on any atom is 0.226 e. The van der Waals surface area contributed by atoms with E-state index in [9.17, 15) is 9.90 Å². The Balaban J connectivity index is 1.58. The van der Waals surface area contributed by atoms with Crippen LogP contribution in [0.25, 0.3) is 0 Å². The fourth-order valence-electron chi connectivity index (χ4n) is 4.51. The first-order valence-corrected chi connectivity index (χ1v) is 10.5. The minimum Gasteiger partial charge on any atom is -0.504 e. The lowest BCUT2D eigenvalue weighted by atomic mass is 9.78. The van der Waals surface area contributed by atoms with E-state index in [-0.39, 0.29) is 17.5 Å². The molecule has 2 N–H and O–H groups in total. The van der Waals surface area contributed by atoms with E-state index in [0.29, 0.717) is 30.3 Å². The fourth-order valence-corrected chi connectivity index (χ4v) is 4.51. The Bertz CT molecular complexity index is 1180. The molecule has 1 aliphatic heterocycles. The number of phenols is 1. The molecular weight excluding hydrogens is 392 g/mol. The van der Waals surface area contributed by atoms with Crippen molar-refractivity contribution in [3.63, 3.8) is 0 Å². The van der Waals surface area contributed by atoms with Crippen molar-refractivity contribution in [2.45, 2.75) is 38.6 Å². The third-order valence-electron chi connectivity index (χ3n) is 6.01. The van der Waals surface area contributed by atoms with E-state index in [0.717, 1.165) is 17.7 Å². The summed E-state index contributed by atoms with van der Waals surface area (Å²) in [5.74, 6) is 1.28. The van der Waals surface area contributed by atoms with E-state index in [4.69, 9.17) is 4.74 Å². The van der Waals surface area contributed by atoms with E-state index >= 15 is 0 Å². The van der Waals surface area contributed by atoms with Gasteiger partial charge in [0.15, 0.2) is 17.3 Å². The molecule has 158 valence electrons. The molecule has 0 bridgehead atoms. The molecule has 2 aliphatic rings. The number of fused-ring (bicyclic) bond motifs is 1. The van der Waals surface area contributed by atoms with Crippen molar-refractivity contribution in [2.24, 2.45) is 0 Å². The number of carbonyl (C=O) groups excluding carboxylic acids is 1. The number of ketones is 1. The largest absolute Gasteiger partial charge is 0.504 e. The number of nitrogens with one attached hydrogen (secondary N) is 1. The van der Waals surface area contributed by atoms with Gasteiger partial charge in [-0.15, -0.1) is 0 Å². The van der Waals surface area contributed by atoms with Crippen molar-refractivity contribution in [1.29, 1.82) is 0 Å². The number of allylic oxidation sites excluding steroid dienone is 2. The number of hydrogen-bond acceptors (Lipinski definition) is 6. The molecule has 0 fully saturated rings. The summed E-state index contributed by atoms with van der Waals surface area (Å²) >= 11 is 0. The van der Waals surface area contributed by atoms with Gasteiger partial charge in [-0.2, -0.15) is 10.1 Å². The standard InChI is InChI=1S/C24H24N4O3/c1-3-31-21-12-16(8-9-19(21)29)23-22-18(27-24-25-13-26-28(23)24)10-17(11-20(22)30)15-6-4-14(2)5-7-15/h4-9,12-13,17,23,29H,3,10-11H2,1-2H3,(H,25,26,27)/t17-,23+/m0/s1. The first-order chi connectivity index (χ1) is 15.0. The summed E-state index contributed by atoms with van der Waals surface area (Å²) in [5, 5.41) is 17.9. The summed E-state index contributed by atoms with van der Waals surface area (Å²) in [6, 6.07) is 13.2. The highest BCUT2D eigenvalue weighted by molar-refractivity contribution is 6.00. The van der Waals surface area contributed by atoms with E-state index in [2.05, 4.69) is 46.6 Å². The van der Waals surface area contributed by atoms with Gasteiger partial charge >= 0.3 is 0 Å². The molecule has 0 saturated carbocycles. The van der Waals surface area contributed by atoms with E-state index in [1.807, 2.05) is 13.0 Å². The third kappa shape index (κ3) is 3.36. The van der Waals surface area contributed by atoms with Crippen LogP contribution in [0.15, 0.2) is 60.1 Å². The number of rotatable bonds is 4. The molecule has 0 spiro atoms. The maximum atomic E-state index is 13.4. The van der Waals surface area contributed by atoms with Crippen LogP contribution in [0.5, 0.6) is 11.5 Å². The first-order valence-electron chi connectivity index (χ1n) is 10.5. The second-order valence-electron chi connectivity index (χ2n) is 8.05. The quantitative estimate of drug-likeness (QED) is 0.665. The van der Waals surface area contributed by atoms with Gasteiger partial charge in [-0.1, -0.05) is 35.9 Å². The van der Waals surface area contributed by atoms with Gasteiger partial charge < -0.3 is 15.2 Å². The molecule has 0 amide bonds. The van der Waals surface area contributed by atoms with Gasteiger partial charge in [0.1, 0.15) is 12.4 Å². The number of aromatic hydroxyl groups is 1. The predicted molar refractivity (Wildman–Crippen MR) is 116 cm³/mol. The normalized spacial score (nSPS) is 20.1. The van der Waals surface area contributed by atoms with Gasteiger partial charge in [-0.3, -0.25) is 4.79 Å². The molecule has 31 heavy (non-hydrogen) atoms. The third-order valence-corrected chi connectivity index (χ3v) is 6.01. The van der Waals surface area contributed by atoms with Crippen molar-refractivity contribution in [3.05, 3.63) is 76.8 Å². The van der Waals surface area contributed by atoms with Crippen LogP contribution in [-0.2, 0) is 4.79 Å². The second kappa shape index (κ2) is 7.58. The molecule has 0 radical (unpaired) electrons. The van der Waals surface area contributed by atoms with Gasteiger partial charge in [-0.05, 0) is 49.4 Å². The SMILES string of the molecule is CCOc1cc([C@@H]2C3=C(C[C@H](c4ccc(C)cc4)CC3=O)Nc3ncnn32)ccc1O. The highest BCUT2D eigenvalue weighted by atomic mass is 16.5. The molecule has 0 unspecified atom stereocenters. The topological polar surface area (TPSA) is 89.3 Å². The summed E-state index contributed by atoms with van der Waals surface area (Å²) in [5.41, 5.74) is 4.78. The summed E-state index contributed by atoms with van der Waals surface area (Å²) in [6.45, 7) is 4.36. The van der Waals surface area contributed by atoms with E-state index < -0.39 is 6.04 Å². The molecule has 0 saturated heterocycles. The number of benzene rings is 2. The predicted octanol–water partition coefficient (Wildman–Crippen LogP) is 4.11. The lowest BCUT2D eigenvalue weighted by molar-refractivity contribution is -0.116. The molecule has 2 atom stereocenters. The van der Waals surface area contributed by atoms with Crippen LogP contribution in [0, 0.1) is 6.92 Å². The van der Waals surface area contributed by atoms with E-state index in [1.165, 1.54) is 17.5 Å². The van der Waals surface area contributed by atoms with Crippen LogP contribution in [-0.4, -0.2) is 32.3 Å². The second-order valence-corrected chi connectivity index (χ2v) is 8.05. The molecule has 5 rings (SSSR count). The number of phenolic OH excluding ortho intramolecular Hbond substituents is 1. The zero-order valence-corrected chi connectivity index (χ0v) is 17.5. The molecule has 2 aromatic carbocycles. The van der Waals surface area contributed by atoms with Crippen molar-refractivity contribution >= 4 is 11.7 Å². The molecule has 7 nitrogen and oxygen atoms in total. The number of nitrogens with zero attached hydrogens (tertiary/aromatic N) is 3. The van der Waals surface area contributed by atoms with Gasteiger partial charge in [-0.25, -0.2) is 4.68 Å². The van der Waals surface area contributed by atoms with Crippen LogP contribution in [0.3, 0.4) is 0 Å². The number of aromatic nitrogens is 3. The summed E-state index contributed by atoms with van der Waals surface area (Å²) in [4.78, 5) is 17.8. The number of Topliss-reactive ketones (excluding diaryl/α,β-unsaturated/α-hetero) is 1. The van der Waals surface area contributed by atoms with E-state index in [1.54, 1.807) is 16.8 Å². The first kappa shape index (κ1) is 19.4. The monoisotopic (exact) mass is 416 g/mol. The molecular formula is C24H24N4O3. The average molecular weight is 416 g/mol. The van der Waals surface area contributed by atoms with Gasteiger partial charge in [0, 0.05) is 17.7 Å². The summed E-state index contributed by atoms with van der Waals surface area (Å²) < 4.78 is 7.30. The van der Waals surface area contributed by atoms with Crippen LogP contribution in [0.1, 0.15) is 48.4 Å². The summed E-state index contributed by atoms with van der Waals surface area (Å²) in [6.07, 6.45) is 2.66. The summed E-state index contributed by atoms with van der Waals surface area (Å²) in [7, 11) is 0. The number of hydrogen-bond donors (Lipinski definition) is 2. The maximum absolute atomic E-state index is 13.4. The van der Waals surface area contributed by atoms with Crippen LogP contribution < -0.4 is 10.1 Å². The smallest absolute Gasteiger partial charge is 0.226 e. The van der Waals surface area contributed by atoms with Gasteiger partial charge in [0.2, 0.25) is 5.95 Å². The van der Waals surface area contributed by atoms with Crippen LogP contribution >= 0.6 is 0 Å². The zero-order chi connectivity index (χ0) is 21.5. The minimum atomic E-state index is -0.417. The Morgan fingerprint density at radius 2 is 1.94 bits per heavy atom. The zero-order valence-electron chi connectivity index (χ0n) is 17.5. The van der Waals surface area contributed by atoms with Gasteiger partial charge in [0.05, 0.1) is 6.61 Å². The Labute approximate surface area is 180 Å². The fraction of sp³-hybridized carbons (Fsp3) is 0.292. The Hall–Kier alpha value is -3.61. The number of anilines is 1. The van der Waals surface area contributed by atoms with Crippen LogP contribution in [0.4, 0.5) is 5.95 Å². The molecule has 7 heteroatoms. The molecule has 1 aliphatic carbocycles. The highest BCUT2D eigenvalue weighted by Gasteiger charge is 2.39. The van der Waals surface area contributed by atoms with Crippen molar-refractivity contribution < 1.29 is 14.6 Å². The Morgan fingerprint density at radius 3 is 2.71 bits per heavy atom. The molecule has 1 aromatic heterocycles. The van der Waals surface area contributed by atoms with Crippen molar-refractivity contribution in [1.82, 2.24) is 14.8 Å².